The van der Waals surface area contributed by atoms with Gasteiger partial charge in [0.1, 0.15) is 0 Å². The van der Waals surface area contributed by atoms with Crippen LogP contribution < -0.4 is 19.7 Å². The molecule has 0 aromatic heterocycles. The van der Waals surface area contributed by atoms with E-state index in [9.17, 15) is 14.9 Å². The second-order valence-electron chi connectivity index (χ2n) is 7.64. The maximum Gasteiger partial charge on any atom is 0.270 e. The number of nitrogens with zero attached hydrogens (tertiary/aromatic N) is 2. The van der Waals surface area contributed by atoms with E-state index in [-0.39, 0.29) is 11.3 Å². The van der Waals surface area contributed by atoms with E-state index in [4.69, 9.17) is 9.47 Å². The van der Waals surface area contributed by atoms with Gasteiger partial charge in [0, 0.05) is 56.5 Å². The molecular weight excluding hydrogens is 374 g/mol. The highest BCUT2D eigenvalue weighted by molar-refractivity contribution is 6.08. The number of amides is 1. The van der Waals surface area contributed by atoms with E-state index in [0.717, 1.165) is 25.7 Å². The molecule has 1 spiro atoms. The SMILES string of the molecule is CN(C)c1ccc([N+](=O)[O-])cc1C(=O)Nc1ccc2c(c1)OC1(CCCCC1)O2. The van der Waals surface area contributed by atoms with Crippen molar-refractivity contribution in [1.29, 1.82) is 0 Å². The lowest BCUT2D eigenvalue weighted by Crippen LogP contribution is -2.40. The van der Waals surface area contributed by atoms with E-state index in [1.54, 1.807) is 43.3 Å². The van der Waals surface area contributed by atoms with Crippen molar-refractivity contribution in [2.45, 2.75) is 37.9 Å². The van der Waals surface area contributed by atoms with Crippen molar-refractivity contribution in [2.24, 2.45) is 0 Å². The molecule has 0 saturated heterocycles. The van der Waals surface area contributed by atoms with E-state index in [2.05, 4.69) is 5.32 Å². The normalized spacial score (nSPS) is 16.5. The molecule has 2 aromatic carbocycles. The summed E-state index contributed by atoms with van der Waals surface area (Å²) in [4.78, 5) is 25.2. The number of fused-ring (bicyclic) bond motifs is 1. The van der Waals surface area contributed by atoms with Crippen LogP contribution in [0.4, 0.5) is 17.1 Å². The number of anilines is 2. The van der Waals surface area contributed by atoms with Crippen molar-refractivity contribution in [1.82, 2.24) is 0 Å². The van der Waals surface area contributed by atoms with Crippen LogP contribution in [0.3, 0.4) is 0 Å². The number of rotatable bonds is 4. The number of benzene rings is 2. The number of nitro groups is 1. The smallest absolute Gasteiger partial charge is 0.270 e. The largest absolute Gasteiger partial charge is 0.448 e. The third kappa shape index (κ3) is 3.70. The second kappa shape index (κ2) is 7.27. The molecule has 1 heterocycles. The third-order valence-electron chi connectivity index (χ3n) is 5.33. The minimum absolute atomic E-state index is 0.134. The fourth-order valence-electron chi connectivity index (χ4n) is 3.87. The number of ether oxygens (including phenoxy) is 2. The molecule has 1 fully saturated rings. The first-order chi connectivity index (χ1) is 13.9. The van der Waals surface area contributed by atoms with Gasteiger partial charge in [0.15, 0.2) is 11.5 Å². The van der Waals surface area contributed by atoms with Crippen LogP contribution in [-0.2, 0) is 0 Å². The summed E-state index contributed by atoms with van der Waals surface area (Å²) in [5.74, 6) is 0.274. The Kier molecular flexibility index (Phi) is 4.77. The van der Waals surface area contributed by atoms with Crippen molar-refractivity contribution in [3.8, 4) is 11.5 Å². The summed E-state index contributed by atoms with van der Waals surface area (Å²) in [6, 6.07) is 9.51. The topological polar surface area (TPSA) is 93.9 Å². The first-order valence-corrected chi connectivity index (χ1v) is 9.66. The van der Waals surface area contributed by atoms with Gasteiger partial charge in [0.25, 0.3) is 17.4 Å². The van der Waals surface area contributed by atoms with Gasteiger partial charge in [-0.3, -0.25) is 14.9 Å². The summed E-state index contributed by atoms with van der Waals surface area (Å²) in [7, 11) is 3.56. The fraction of sp³-hybridized carbons (Fsp3) is 0.381. The van der Waals surface area contributed by atoms with Crippen LogP contribution in [0.25, 0.3) is 0 Å². The Balaban J connectivity index is 1.57. The summed E-state index contributed by atoms with van der Waals surface area (Å²) < 4.78 is 12.2. The third-order valence-corrected chi connectivity index (χ3v) is 5.33. The van der Waals surface area contributed by atoms with Gasteiger partial charge in [-0.2, -0.15) is 0 Å². The Hall–Kier alpha value is -3.29. The lowest BCUT2D eigenvalue weighted by atomic mass is 9.94. The average Bonchev–Trinajstić information content (AvgIpc) is 3.04. The van der Waals surface area contributed by atoms with Gasteiger partial charge in [0.05, 0.1) is 10.5 Å². The highest BCUT2D eigenvalue weighted by Gasteiger charge is 2.42. The number of carbonyl (C=O) groups excluding carboxylic acids is 1. The van der Waals surface area contributed by atoms with Crippen LogP contribution in [0.1, 0.15) is 42.5 Å². The molecular formula is C21H23N3O5. The van der Waals surface area contributed by atoms with E-state index >= 15 is 0 Å². The second-order valence-corrected chi connectivity index (χ2v) is 7.64. The van der Waals surface area contributed by atoms with Gasteiger partial charge in [-0.15, -0.1) is 0 Å². The summed E-state index contributed by atoms with van der Waals surface area (Å²) in [6.45, 7) is 0. The maximum absolute atomic E-state index is 12.9. The molecule has 0 radical (unpaired) electrons. The Labute approximate surface area is 168 Å². The Morgan fingerprint density at radius 1 is 1.07 bits per heavy atom. The number of nitrogens with one attached hydrogen (secondary N) is 1. The summed E-state index contributed by atoms with van der Waals surface area (Å²) in [6.07, 6.45) is 5.02. The van der Waals surface area contributed by atoms with Crippen LogP contribution in [-0.4, -0.2) is 30.7 Å². The summed E-state index contributed by atoms with van der Waals surface area (Å²) in [5.41, 5.74) is 1.23. The average molecular weight is 397 g/mol. The molecule has 0 bridgehead atoms. The zero-order valence-electron chi connectivity index (χ0n) is 16.4. The predicted octanol–water partition coefficient (Wildman–Crippen LogP) is 4.34. The highest BCUT2D eigenvalue weighted by atomic mass is 16.7. The molecule has 1 saturated carbocycles. The maximum atomic E-state index is 12.9. The van der Waals surface area contributed by atoms with Crippen molar-refractivity contribution >= 4 is 23.0 Å². The molecule has 4 rings (SSSR count). The molecule has 0 unspecified atom stereocenters. The minimum Gasteiger partial charge on any atom is -0.448 e. The first kappa shape index (κ1) is 19.0. The van der Waals surface area contributed by atoms with E-state index in [1.807, 2.05) is 0 Å². The van der Waals surface area contributed by atoms with Crippen molar-refractivity contribution in [3.05, 3.63) is 52.1 Å². The number of carbonyl (C=O) groups is 1. The minimum atomic E-state index is -0.582. The van der Waals surface area contributed by atoms with Gasteiger partial charge in [-0.05, 0) is 31.0 Å². The molecule has 1 N–H and O–H groups in total. The molecule has 0 atom stereocenters. The van der Waals surface area contributed by atoms with Crippen LogP contribution in [0.5, 0.6) is 11.5 Å². The van der Waals surface area contributed by atoms with Gasteiger partial charge >= 0.3 is 0 Å². The highest BCUT2D eigenvalue weighted by Crippen LogP contribution is 2.46. The zero-order valence-corrected chi connectivity index (χ0v) is 16.4. The molecule has 1 aliphatic heterocycles. The molecule has 1 amide bonds. The Bertz CT molecular complexity index is 967. The van der Waals surface area contributed by atoms with Crippen LogP contribution in [0.2, 0.25) is 0 Å². The summed E-state index contributed by atoms with van der Waals surface area (Å²) in [5, 5.41) is 13.9. The fourth-order valence-corrected chi connectivity index (χ4v) is 3.87. The van der Waals surface area contributed by atoms with E-state index < -0.39 is 16.6 Å². The molecule has 2 aliphatic rings. The van der Waals surface area contributed by atoms with Gasteiger partial charge in [0.2, 0.25) is 0 Å². The van der Waals surface area contributed by atoms with Crippen LogP contribution in [0, 0.1) is 10.1 Å². The Morgan fingerprint density at radius 3 is 2.48 bits per heavy atom. The van der Waals surface area contributed by atoms with Crippen molar-refractivity contribution in [3.63, 3.8) is 0 Å². The molecule has 8 nitrogen and oxygen atoms in total. The zero-order chi connectivity index (χ0) is 20.6. The molecule has 1 aliphatic carbocycles. The monoisotopic (exact) mass is 397 g/mol. The quantitative estimate of drug-likeness (QED) is 0.609. The van der Waals surface area contributed by atoms with Crippen molar-refractivity contribution in [2.75, 3.05) is 24.3 Å². The van der Waals surface area contributed by atoms with Crippen LogP contribution >= 0.6 is 0 Å². The number of hydrogen-bond donors (Lipinski definition) is 1. The summed E-state index contributed by atoms with van der Waals surface area (Å²) >= 11 is 0. The molecule has 2 aromatic rings. The number of nitro benzene ring substituents is 1. The van der Waals surface area contributed by atoms with E-state index in [1.165, 1.54) is 18.6 Å². The number of non-ortho nitro benzene ring substituents is 1. The predicted molar refractivity (Wildman–Crippen MR) is 109 cm³/mol. The number of hydrogen-bond acceptors (Lipinski definition) is 6. The first-order valence-electron chi connectivity index (χ1n) is 9.66. The lowest BCUT2D eigenvalue weighted by molar-refractivity contribution is -0.384. The Morgan fingerprint density at radius 2 is 1.79 bits per heavy atom. The van der Waals surface area contributed by atoms with E-state index in [0.29, 0.717) is 22.9 Å². The lowest BCUT2D eigenvalue weighted by Gasteiger charge is -2.31. The standard InChI is InChI=1S/C21H23N3O5/c1-23(2)17-8-7-15(24(26)27)13-16(17)20(25)22-14-6-9-18-19(12-14)29-21(28-18)10-4-3-5-11-21/h6-9,12-13H,3-5,10-11H2,1-2H3,(H,22,25). The van der Waals surface area contributed by atoms with Gasteiger partial charge < -0.3 is 19.7 Å². The van der Waals surface area contributed by atoms with Gasteiger partial charge in [-0.25, -0.2) is 0 Å². The van der Waals surface area contributed by atoms with Gasteiger partial charge in [-0.1, -0.05) is 6.42 Å². The molecule has 8 heteroatoms. The van der Waals surface area contributed by atoms with Crippen molar-refractivity contribution < 1.29 is 19.2 Å². The van der Waals surface area contributed by atoms with Crippen LogP contribution in [0.15, 0.2) is 36.4 Å². The molecule has 152 valence electrons. The molecule has 29 heavy (non-hydrogen) atoms.